The Labute approximate surface area is 91.5 Å². The van der Waals surface area contributed by atoms with Crippen LogP contribution in [-0.4, -0.2) is 36.6 Å². The van der Waals surface area contributed by atoms with E-state index in [9.17, 15) is 0 Å². The highest BCUT2D eigenvalue weighted by molar-refractivity contribution is 5.99. The normalized spacial score (nSPS) is 25.3. The summed E-state index contributed by atoms with van der Waals surface area (Å²) in [4.78, 5) is 11.0. The van der Waals surface area contributed by atoms with Gasteiger partial charge in [0.1, 0.15) is 0 Å². The molecule has 86 valence electrons. The van der Waals surface area contributed by atoms with Gasteiger partial charge in [-0.15, -0.1) is 0 Å². The molecule has 1 aliphatic rings. The Kier molecular flexibility index (Phi) is 3.55. The predicted molar refractivity (Wildman–Crippen MR) is 63.8 cm³/mol. The Hall–Kier alpha value is -1.26. The van der Waals surface area contributed by atoms with Gasteiger partial charge in [0.25, 0.3) is 0 Å². The van der Waals surface area contributed by atoms with Gasteiger partial charge in [-0.05, 0) is 12.8 Å². The summed E-state index contributed by atoms with van der Waals surface area (Å²) in [6.07, 6.45) is 2.86. The van der Waals surface area contributed by atoms with Crippen molar-refractivity contribution in [3.05, 3.63) is 0 Å². The van der Waals surface area contributed by atoms with Gasteiger partial charge in [0.2, 0.25) is 5.96 Å². The highest BCUT2D eigenvalue weighted by Gasteiger charge is 2.30. The number of nitrogens with zero attached hydrogens (tertiary/aromatic N) is 3. The van der Waals surface area contributed by atoms with Crippen molar-refractivity contribution in [1.29, 1.82) is 0 Å². The topological polar surface area (TPSA) is 66.0 Å². The summed E-state index contributed by atoms with van der Waals surface area (Å²) in [5.74, 6) is 1.25. The molecule has 1 rings (SSSR count). The fourth-order valence-corrected chi connectivity index (χ4v) is 1.68. The van der Waals surface area contributed by atoms with Crippen LogP contribution in [0.5, 0.6) is 0 Å². The van der Waals surface area contributed by atoms with Crippen molar-refractivity contribution in [3.8, 4) is 0 Å². The maximum atomic E-state index is 5.78. The number of hydrogen-bond donors (Lipinski definition) is 2. The van der Waals surface area contributed by atoms with Crippen LogP contribution < -0.4 is 11.1 Å². The van der Waals surface area contributed by atoms with Crippen molar-refractivity contribution in [3.63, 3.8) is 0 Å². The third kappa shape index (κ3) is 2.61. The summed E-state index contributed by atoms with van der Waals surface area (Å²) in [7, 11) is 3.88. The molecule has 3 N–H and O–H groups in total. The van der Waals surface area contributed by atoms with E-state index in [0.717, 1.165) is 25.2 Å². The first kappa shape index (κ1) is 11.8. The molecule has 1 aliphatic heterocycles. The molecule has 0 amide bonds. The standard InChI is InChI=1S/C10H21N5/c1-5-7-10(6-2)13-8(11)12-9(14-10)15(3)4/h5-7H2,1-4H3,(H3,11,12,13,14). The van der Waals surface area contributed by atoms with Crippen LogP contribution in [0.1, 0.15) is 33.1 Å². The van der Waals surface area contributed by atoms with E-state index in [1.54, 1.807) is 0 Å². The van der Waals surface area contributed by atoms with E-state index in [1.807, 2.05) is 19.0 Å². The van der Waals surface area contributed by atoms with Gasteiger partial charge >= 0.3 is 0 Å². The van der Waals surface area contributed by atoms with Gasteiger partial charge in [-0.1, -0.05) is 20.3 Å². The highest BCUT2D eigenvalue weighted by atomic mass is 15.4. The van der Waals surface area contributed by atoms with Crippen molar-refractivity contribution < 1.29 is 0 Å². The van der Waals surface area contributed by atoms with Gasteiger partial charge in [-0.3, -0.25) is 5.32 Å². The highest BCUT2D eigenvalue weighted by Crippen LogP contribution is 2.26. The molecule has 1 atom stereocenters. The minimum Gasteiger partial charge on any atom is -0.370 e. The van der Waals surface area contributed by atoms with E-state index in [0.29, 0.717) is 5.96 Å². The molecule has 0 radical (unpaired) electrons. The quantitative estimate of drug-likeness (QED) is 0.723. The molecule has 0 fully saturated rings. The lowest BCUT2D eigenvalue weighted by Gasteiger charge is -2.31. The minimum atomic E-state index is -0.357. The van der Waals surface area contributed by atoms with Crippen LogP contribution in [0.2, 0.25) is 0 Å². The molecule has 0 saturated carbocycles. The molecule has 0 aliphatic carbocycles. The van der Waals surface area contributed by atoms with Crippen molar-refractivity contribution in [2.45, 2.75) is 38.8 Å². The summed E-state index contributed by atoms with van der Waals surface area (Å²) in [6.45, 7) is 4.23. The zero-order valence-electron chi connectivity index (χ0n) is 10.0. The smallest absolute Gasteiger partial charge is 0.202 e. The average Bonchev–Trinajstić information content (AvgIpc) is 2.17. The molecule has 5 heteroatoms. The molecule has 0 saturated heterocycles. The third-order valence-electron chi connectivity index (χ3n) is 2.52. The van der Waals surface area contributed by atoms with Crippen LogP contribution in [0.4, 0.5) is 0 Å². The van der Waals surface area contributed by atoms with E-state index in [2.05, 4.69) is 29.1 Å². The number of rotatable bonds is 3. The number of aliphatic imine (C=N–C) groups is 2. The molecule has 0 aromatic heterocycles. The largest absolute Gasteiger partial charge is 0.370 e. The Bertz CT molecular complexity index is 282. The second kappa shape index (κ2) is 4.51. The van der Waals surface area contributed by atoms with Crippen molar-refractivity contribution in [1.82, 2.24) is 10.2 Å². The van der Waals surface area contributed by atoms with Gasteiger partial charge in [0, 0.05) is 14.1 Å². The van der Waals surface area contributed by atoms with E-state index in [4.69, 9.17) is 5.73 Å². The van der Waals surface area contributed by atoms with Crippen LogP contribution in [0.15, 0.2) is 9.98 Å². The van der Waals surface area contributed by atoms with Crippen LogP contribution >= 0.6 is 0 Å². The first-order valence-corrected chi connectivity index (χ1v) is 5.42. The number of hydrogen-bond acceptors (Lipinski definition) is 5. The molecule has 0 aromatic carbocycles. The summed E-state index contributed by atoms with van der Waals surface area (Å²) >= 11 is 0. The summed E-state index contributed by atoms with van der Waals surface area (Å²) < 4.78 is 0. The number of nitrogens with two attached hydrogens (primary N) is 1. The predicted octanol–water partition coefficient (Wildman–Crippen LogP) is 0.728. The van der Waals surface area contributed by atoms with Gasteiger partial charge in [0.15, 0.2) is 11.6 Å². The molecule has 15 heavy (non-hydrogen) atoms. The van der Waals surface area contributed by atoms with Crippen molar-refractivity contribution in [2.75, 3.05) is 14.1 Å². The van der Waals surface area contributed by atoms with E-state index < -0.39 is 0 Å². The summed E-state index contributed by atoms with van der Waals surface area (Å²) in [5.41, 5.74) is 5.42. The Morgan fingerprint density at radius 2 is 2.00 bits per heavy atom. The molecule has 0 aromatic rings. The van der Waals surface area contributed by atoms with Crippen LogP contribution in [0.3, 0.4) is 0 Å². The minimum absolute atomic E-state index is 0.357. The number of nitrogens with one attached hydrogen (secondary N) is 1. The molecular formula is C10H21N5. The molecule has 1 unspecified atom stereocenters. The number of guanidine groups is 2. The van der Waals surface area contributed by atoms with Gasteiger partial charge in [-0.25, -0.2) is 9.98 Å². The van der Waals surface area contributed by atoms with Crippen LogP contribution in [-0.2, 0) is 0 Å². The molecular weight excluding hydrogens is 190 g/mol. The zero-order chi connectivity index (χ0) is 11.5. The Balaban J connectivity index is 2.98. The zero-order valence-corrected chi connectivity index (χ0v) is 10.0. The van der Waals surface area contributed by atoms with Gasteiger partial charge in [0.05, 0.1) is 0 Å². The van der Waals surface area contributed by atoms with E-state index in [-0.39, 0.29) is 5.66 Å². The van der Waals surface area contributed by atoms with E-state index >= 15 is 0 Å². The van der Waals surface area contributed by atoms with Crippen LogP contribution in [0.25, 0.3) is 0 Å². The SMILES string of the molecule is CCCC1(CC)N=C(N)NC(N(C)C)=N1. The second-order valence-corrected chi connectivity index (χ2v) is 4.04. The van der Waals surface area contributed by atoms with Crippen molar-refractivity contribution >= 4 is 11.9 Å². The lowest BCUT2D eigenvalue weighted by atomic mass is 10.0. The maximum Gasteiger partial charge on any atom is 0.202 e. The molecule has 1 heterocycles. The first-order valence-electron chi connectivity index (χ1n) is 5.42. The summed E-state index contributed by atoms with van der Waals surface area (Å²) in [6, 6.07) is 0. The molecule has 5 nitrogen and oxygen atoms in total. The van der Waals surface area contributed by atoms with E-state index in [1.165, 1.54) is 0 Å². The van der Waals surface area contributed by atoms with Crippen molar-refractivity contribution in [2.24, 2.45) is 15.7 Å². The fourth-order valence-electron chi connectivity index (χ4n) is 1.68. The van der Waals surface area contributed by atoms with Gasteiger partial charge in [-0.2, -0.15) is 0 Å². The average molecular weight is 211 g/mol. The molecule has 0 bridgehead atoms. The fraction of sp³-hybridized carbons (Fsp3) is 0.800. The monoisotopic (exact) mass is 211 g/mol. The van der Waals surface area contributed by atoms with Crippen LogP contribution in [0, 0.1) is 0 Å². The van der Waals surface area contributed by atoms with Gasteiger partial charge < -0.3 is 10.6 Å². The first-order chi connectivity index (χ1) is 7.03. The maximum absolute atomic E-state index is 5.78. The lowest BCUT2D eigenvalue weighted by molar-refractivity contribution is 0.380. The Morgan fingerprint density at radius 3 is 2.47 bits per heavy atom. The Morgan fingerprint density at radius 1 is 1.33 bits per heavy atom. The summed E-state index contributed by atoms with van der Waals surface area (Å²) in [5, 5.41) is 2.97. The third-order valence-corrected chi connectivity index (χ3v) is 2.52. The molecule has 0 spiro atoms. The lowest BCUT2D eigenvalue weighted by Crippen LogP contribution is -2.50. The second-order valence-electron chi connectivity index (χ2n) is 4.04.